The van der Waals surface area contributed by atoms with Gasteiger partial charge in [0.25, 0.3) is 0 Å². The second-order valence-electron chi connectivity index (χ2n) is 5.03. The number of ether oxygens (including phenoxy) is 1. The molecule has 1 heterocycles. The van der Waals surface area contributed by atoms with Crippen LogP contribution in [0.25, 0.3) is 0 Å². The second-order valence-corrected chi connectivity index (χ2v) is 5.03. The number of rotatable bonds is 5. The average Bonchev–Trinajstić information content (AvgIpc) is 2.47. The van der Waals surface area contributed by atoms with Crippen molar-refractivity contribution in [2.24, 2.45) is 0 Å². The summed E-state index contributed by atoms with van der Waals surface area (Å²) in [5, 5.41) is 3.36. The molecule has 4 nitrogen and oxygen atoms in total. The molecular formula is C16H20FN3O. The van der Waals surface area contributed by atoms with Crippen molar-refractivity contribution in [2.75, 3.05) is 31.4 Å². The molecule has 0 saturated carbocycles. The van der Waals surface area contributed by atoms with Gasteiger partial charge in [0.05, 0.1) is 12.8 Å². The zero-order valence-electron chi connectivity index (χ0n) is 12.7. The number of anilines is 2. The third-order valence-electron chi connectivity index (χ3n) is 3.26. The third-order valence-corrected chi connectivity index (χ3v) is 3.26. The molecule has 0 radical (unpaired) electrons. The zero-order valence-corrected chi connectivity index (χ0v) is 12.7. The van der Waals surface area contributed by atoms with E-state index in [1.165, 1.54) is 13.2 Å². The lowest BCUT2D eigenvalue weighted by atomic mass is 10.1. The standard InChI is InChI=1S/C16H20FN3O/c1-11(12-7-8-15(21-4)13(17)10-12)19-14-6-5-9-18-16(14)20(2)3/h5-11,19H,1-4H3. The Bertz CT molecular complexity index is 616. The van der Waals surface area contributed by atoms with Crippen LogP contribution in [-0.4, -0.2) is 26.2 Å². The Morgan fingerprint density at radius 2 is 2.05 bits per heavy atom. The molecule has 21 heavy (non-hydrogen) atoms. The molecule has 0 aliphatic rings. The van der Waals surface area contributed by atoms with E-state index in [1.54, 1.807) is 12.3 Å². The fourth-order valence-corrected chi connectivity index (χ4v) is 2.13. The zero-order chi connectivity index (χ0) is 15.4. The van der Waals surface area contributed by atoms with Crippen LogP contribution in [0.2, 0.25) is 0 Å². The fourth-order valence-electron chi connectivity index (χ4n) is 2.13. The first kappa shape index (κ1) is 15.1. The minimum Gasteiger partial charge on any atom is -0.494 e. The molecule has 112 valence electrons. The largest absolute Gasteiger partial charge is 0.494 e. The molecule has 1 unspecified atom stereocenters. The smallest absolute Gasteiger partial charge is 0.165 e. The lowest BCUT2D eigenvalue weighted by Gasteiger charge is -2.21. The van der Waals surface area contributed by atoms with Gasteiger partial charge in [0.1, 0.15) is 0 Å². The van der Waals surface area contributed by atoms with Crippen LogP contribution in [0.1, 0.15) is 18.5 Å². The number of halogens is 1. The van der Waals surface area contributed by atoms with Gasteiger partial charge in [0.2, 0.25) is 0 Å². The highest BCUT2D eigenvalue weighted by Crippen LogP contribution is 2.27. The van der Waals surface area contributed by atoms with Crippen LogP contribution in [0.4, 0.5) is 15.9 Å². The maximum atomic E-state index is 13.8. The molecule has 2 aromatic rings. The van der Waals surface area contributed by atoms with Crippen molar-refractivity contribution >= 4 is 11.5 Å². The molecule has 0 fully saturated rings. The van der Waals surface area contributed by atoms with Gasteiger partial charge in [-0.15, -0.1) is 0 Å². The van der Waals surface area contributed by atoms with E-state index in [-0.39, 0.29) is 17.6 Å². The Morgan fingerprint density at radius 1 is 1.29 bits per heavy atom. The number of pyridine rings is 1. The van der Waals surface area contributed by atoms with Gasteiger partial charge in [-0.2, -0.15) is 0 Å². The summed E-state index contributed by atoms with van der Waals surface area (Å²) in [5.74, 6) is 0.738. The van der Waals surface area contributed by atoms with E-state index in [1.807, 2.05) is 44.1 Å². The number of nitrogens with one attached hydrogen (secondary N) is 1. The Hall–Kier alpha value is -2.30. The van der Waals surface area contributed by atoms with Crippen LogP contribution in [-0.2, 0) is 0 Å². The summed E-state index contributed by atoms with van der Waals surface area (Å²) in [5.41, 5.74) is 1.76. The number of hydrogen-bond donors (Lipinski definition) is 1. The molecule has 1 aromatic carbocycles. The van der Waals surface area contributed by atoms with Crippen LogP contribution < -0.4 is 15.0 Å². The van der Waals surface area contributed by atoms with Crippen LogP contribution >= 0.6 is 0 Å². The minimum absolute atomic E-state index is 0.0479. The first-order chi connectivity index (χ1) is 10.0. The Balaban J connectivity index is 2.22. The van der Waals surface area contributed by atoms with E-state index < -0.39 is 0 Å². The molecule has 0 aliphatic carbocycles. The van der Waals surface area contributed by atoms with Gasteiger partial charge in [0, 0.05) is 26.3 Å². The Labute approximate surface area is 124 Å². The van der Waals surface area contributed by atoms with Crippen LogP contribution in [0.5, 0.6) is 5.75 Å². The van der Waals surface area contributed by atoms with Crippen LogP contribution in [0, 0.1) is 5.82 Å². The molecule has 0 saturated heterocycles. The van der Waals surface area contributed by atoms with Crippen molar-refractivity contribution in [1.29, 1.82) is 0 Å². The molecule has 0 amide bonds. The van der Waals surface area contributed by atoms with Gasteiger partial charge in [-0.3, -0.25) is 0 Å². The molecule has 1 N–H and O–H groups in total. The third kappa shape index (κ3) is 3.42. The molecule has 5 heteroatoms. The summed E-state index contributed by atoms with van der Waals surface area (Å²) >= 11 is 0. The van der Waals surface area contributed by atoms with Gasteiger partial charge in [-0.1, -0.05) is 6.07 Å². The molecular weight excluding hydrogens is 269 g/mol. The number of aromatic nitrogens is 1. The molecule has 0 bridgehead atoms. The Kier molecular flexibility index (Phi) is 4.62. The number of methoxy groups -OCH3 is 1. The van der Waals surface area contributed by atoms with E-state index in [0.29, 0.717) is 0 Å². The van der Waals surface area contributed by atoms with Crippen LogP contribution in [0.3, 0.4) is 0 Å². The highest BCUT2D eigenvalue weighted by molar-refractivity contribution is 5.65. The number of benzene rings is 1. The first-order valence-corrected chi connectivity index (χ1v) is 6.75. The van der Waals surface area contributed by atoms with Crippen molar-refractivity contribution in [1.82, 2.24) is 4.98 Å². The average molecular weight is 289 g/mol. The monoisotopic (exact) mass is 289 g/mol. The molecule has 1 atom stereocenters. The topological polar surface area (TPSA) is 37.4 Å². The molecule has 2 rings (SSSR count). The van der Waals surface area contributed by atoms with Gasteiger partial charge < -0.3 is 15.0 Å². The maximum Gasteiger partial charge on any atom is 0.165 e. The minimum atomic E-state index is -0.359. The van der Waals surface area contributed by atoms with Crippen molar-refractivity contribution in [2.45, 2.75) is 13.0 Å². The highest BCUT2D eigenvalue weighted by atomic mass is 19.1. The quantitative estimate of drug-likeness (QED) is 0.914. The second kappa shape index (κ2) is 6.43. The number of nitrogens with zero attached hydrogens (tertiary/aromatic N) is 2. The highest BCUT2D eigenvalue weighted by Gasteiger charge is 2.12. The normalized spacial score (nSPS) is 11.9. The van der Waals surface area contributed by atoms with E-state index in [4.69, 9.17) is 4.74 Å². The lowest BCUT2D eigenvalue weighted by Crippen LogP contribution is -2.15. The SMILES string of the molecule is COc1ccc(C(C)Nc2cccnc2N(C)C)cc1F. The van der Waals surface area contributed by atoms with E-state index in [0.717, 1.165) is 17.1 Å². The van der Waals surface area contributed by atoms with Crippen molar-refractivity contribution < 1.29 is 9.13 Å². The lowest BCUT2D eigenvalue weighted by molar-refractivity contribution is 0.386. The van der Waals surface area contributed by atoms with Crippen molar-refractivity contribution in [3.8, 4) is 5.75 Å². The van der Waals surface area contributed by atoms with Crippen LogP contribution in [0.15, 0.2) is 36.5 Å². The predicted molar refractivity (Wildman–Crippen MR) is 83.6 cm³/mol. The summed E-state index contributed by atoms with van der Waals surface area (Å²) in [6.45, 7) is 1.98. The van der Waals surface area contributed by atoms with E-state index in [2.05, 4.69) is 10.3 Å². The van der Waals surface area contributed by atoms with Gasteiger partial charge in [-0.05, 0) is 36.8 Å². The molecule has 0 aliphatic heterocycles. The summed E-state index contributed by atoms with van der Waals surface area (Å²) in [6.07, 6.45) is 1.75. The van der Waals surface area contributed by atoms with Crippen molar-refractivity contribution in [3.63, 3.8) is 0 Å². The predicted octanol–water partition coefficient (Wildman–Crippen LogP) is 3.47. The molecule has 0 spiro atoms. The summed E-state index contributed by atoms with van der Waals surface area (Å²) in [7, 11) is 5.33. The fraction of sp³-hybridized carbons (Fsp3) is 0.312. The van der Waals surface area contributed by atoms with Gasteiger partial charge in [-0.25, -0.2) is 9.37 Å². The van der Waals surface area contributed by atoms with Gasteiger partial charge in [0.15, 0.2) is 17.4 Å². The van der Waals surface area contributed by atoms with E-state index in [9.17, 15) is 4.39 Å². The van der Waals surface area contributed by atoms with Crippen molar-refractivity contribution in [3.05, 3.63) is 47.9 Å². The first-order valence-electron chi connectivity index (χ1n) is 6.75. The maximum absolute atomic E-state index is 13.8. The summed E-state index contributed by atoms with van der Waals surface area (Å²) < 4.78 is 18.7. The Morgan fingerprint density at radius 3 is 2.67 bits per heavy atom. The number of hydrogen-bond acceptors (Lipinski definition) is 4. The summed E-state index contributed by atoms with van der Waals surface area (Å²) in [6, 6.07) is 8.76. The van der Waals surface area contributed by atoms with E-state index >= 15 is 0 Å². The molecule has 1 aromatic heterocycles. The summed E-state index contributed by atoms with van der Waals surface area (Å²) in [4.78, 5) is 6.27. The van der Waals surface area contributed by atoms with Gasteiger partial charge >= 0.3 is 0 Å².